The van der Waals surface area contributed by atoms with Crippen molar-refractivity contribution in [3.8, 4) is 0 Å². The highest BCUT2D eigenvalue weighted by Gasteiger charge is 2.31. The van der Waals surface area contributed by atoms with E-state index in [1.807, 2.05) is 18.2 Å². The van der Waals surface area contributed by atoms with Gasteiger partial charge in [-0.3, -0.25) is 18.7 Å². The molecule has 0 radical (unpaired) electrons. The van der Waals surface area contributed by atoms with Crippen LogP contribution in [0.5, 0.6) is 0 Å². The molecule has 1 N–H and O–H groups in total. The maximum atomic E-state index is 13.0. The van der Waals surface area contributed by atoms with Crippen molar-refractivity contribution in [2.24, 2.45) is 7.05 Å². The molecule has 2 aromatic rings. The number of benzene rings is 1. The van der Waals surface area contributed by atoms with Crippen molar-refractivity contribution in [1.29, 1.82) is 0 Å². The summed E-state index contributed by atoms with van der Waals surface area (Å²) in [7, 11) is 1.71. The monoisotopic (exact) mass is 506 g/mol. The van der Waals surface area contributed by atoms with Gasteiger partial charge in [0, 0.05) is 20.1 Å². The molecule has 0 bridgehead atoms. The molecule has 1 atom stereocenters. The van der Waals surface area contributed by atoms with Crippen molar-refractivity contribution < 1.29 is 38.4 Å². The number of carboxylic acid groups (broad SMARTS) is 1. The maximum Gasteiger partial charge on any atom is 0.329 e. The fraction of sp³-hybridized carbons (Fsp3) is 0.600. The minimum atomic E-state index is -1.01. The van der Waals surface area contributed by atoms with Gasteiger partial charge in [0.05, 0.1) is 63.1 Å². The van der Waals surface area contributed by atoms with Crippen LogP contribution in [0.3, 0.4) is 0 Å². The average molecular weight is 507 g/mol. The molecule has 1 saturated carbocycles. The molecule has 36 heavy (non-hydrogen) atoms. The second-order valence-corrected chi connectivity index (χ2v) is 8.62. The van der Waals surface area contributed by atoms with Crippen molar-refractivity contribution in [2.75, 3.05) is 52.9 Å². The lowest BCUT2D eigenvalue weighted by Crippen LogP contribution is -2.34. The van der Waals surface area contributed by atoms with Crippen molar-refractivity contribution in [1.82, 2.24) is 9.13 Å². The van der Waals surface area contributed by atoms with E-state index in [1.54, 1.807) is 16.2 Å². The minimum Gasteiger partial charge on any atom is -0.480 e. The van der Waals surface area contributed by atoms with Crippen LogP contribution >= 0.6 is 0 Å². The Morgan fingerprint density at radius 2 is 1.61 bits per heavy atom. The number of Topliss-reactive ketones (excluding diaryl/α,β-unsaturated/α-hetero) is 2. The van der Waals surface area contributed by atoms with Gasteiger partial charge in [-0.15, -0.1) is 0 Å². The van der Waals surface area contributed by atoms with Crippen LogP contribution in [0, 0.1) is 0 Å². The van der Waals surface area contributed by atoms with Crippen LogP contribution in [0.25, 0.3) is 11.0 Å². The number of hydrogen-bond acceptors (Lipinski definition) is 8. The highest BCUT2D eigenvalue weighted by Crippen LogP contribution is 2.27. The summed E-state index contributed by atoms with van der Waals surface area (Å²) in [6.45, 7) is 2.42. The smallest absolute Gasteiger partial charge is 0.329 e. The van der Waals surface area contributed by atoms with Crippen LogP contribution in [0.4, 0.5) is 0 Å². The van der Waals surface area contributed by atoms with Gasteiger partial charge in [0.25, 0.3) is 0 Å². The van der Waals surface area contributed by atoms with Gasteiger partial charge in [0.1, 0.15) is 12.4 Å². The molecule has 1 fully saturated rings. The number of rotatable bonds is 16. The fourth-order valence-corrected chi connectivity index (χ4v) is 4.34. The molecular formula is C25H34N2O9. The molecule has 0 aliphatic heterocycles. The molecule has 0 amide bonds. The summed E-state index contributed by atoms with van der Waals surface area (Å²) >= 11 is 0. The van der Waals surface area contributed by atoms with Gasteiger partial charge in [0.15, 0.2) is 5.78 Å². The van der Waals surface area contributed by atoms with Gasteiger partial charge in [0.2, 0.25) is 0 Å². The van der Waals surface area contributed by atoms with Crippen LogP contribution in [0.2, 0.25) is 0 Å². The zero-order valence-corrected chi connectivity index (χ0v) is 20.6. The first-order valence-corrected chi connectivity index (χ1v) is 12.2. The largest absolute Gasteiger partial charge is 0.480 e. The number of carbonyl (C=O) groups excluding carboxylic acids is 2. The van der Waals surface area contributed by atoms with E-state index < -0.39 is 12.0 Å². The van der Waals surface area contributed by atoms with E-state index in [4.69, 9.17) is 24.1 Å². The first-order chi connectivity index (χ1) is 17.4. The number of aliphatic carboxylic acids is 1. The number of carboxylic acids is 1. The Balaban J connectivity index is 1.38. The fourth-order valence-electron chi connectivity index (χ4n) is 4.34. The first-order valence-electron chi connectivity index (χ1n) is 12.2. The summed E-state index contributed by atoms with van der Waals surface area (Å²) < 4.78 is 24.3. The van der Waals surface area contributed by atoms with Gasteiger partial charge < -0.3 is 24.1 Å². The van der Waals surface area contributed by atoms with Crippen LogP contribution in [-0.2, 0) is 46.8 Å². The summed E-state index contributed by atoms with van der Waals surface area (Å²) in [5.41, 5.74) is 2.30. The summed E-state index contributed by atoms with van der Waals surface area (Å²) in [4.78, 5) is 47.4. The Labute approximate surface area is 208 Å². The normalized spacial score (nSPS) is 16.2. The Bertz CT molecular complexity index is 1100. The number of aromatic nitrogens is 2. The van der Waals surface area contributed by atoms with Gasteiger partial charge in [-0.25, -0.2) is 9.59 Å². The Morgan fingerprint density at radius 1 is 0.972 bits per heavy atom. The van der Waals surface area contributed by atoms with Crippen LogP contribution in [-0.4, -0.2) is 84.6 Å². The van der Waals surface area contributed by atoms with Crippen molar-refractivity contribution in [2.45, 2.75) is 38.1 Å². The zero-order chi connectivity index (χ0) is 25.9. The maximum absolute atomic E-state index is 13.0. The van der Waals surface area contributed by atoms with Crippen LogP contribution in [0.15, 0.2) is 23.0 Å². The first kappa shape index (κ1) is 27.7. The third-order valence-electron chi connectivity index (χ3n) is 6.01. The average Bonchev–Trinajstić information content (AvgIpc) is 3.09. The van der Waals surface area contributed by atoms with Crippen molar-refractivity contribution >= 4 is 28.6 Å². The predicted molar refractivity (Wildman–Crippen MR) is 129 cm³/mol. The highest BCUT2D eigenvalue weighted by atomic mass is 16.6. The van der Waals surface area contributed by atoms with E-state index in [-0.39, 0.29) is 36.9 Å². The summed E-state index contributed by atoms with van der Waals surface area (Å²) in [6.07, 6.45) is 2.05. The molecule has 11 heteroatoms. The van der Waals surface area contributed by atoms with Gasteiger partial charge in [-0.1, -0.05) is 12.1 Å². The molecule has 0 spiro atoms. The van der Waals surface area contributed by atoms with Crippen molar-refractivity contribution in [3.05, 3.63) is 34.2 Å². The van der Waals surface area contributed by atoms with Crippen LogP contribution < -0.4 is 5.69 Å². The third-order valence-corrected chi connectivity index (χ3v) is 6.01. The van der Waals surface area contributed by atoms with Crippen molar-refractivity contribution in [3.63, 3.8) is 0 Å². The number of aryl methyl sites for hydroxylation is 2. The lowest BCUT2D eigenvalue weighted by molar-refractivity contribution is -0.142. The minimum absolute atomic E-state index is 0.0657. The molecule has 0 saturated heterocycles. The van der Waals surface area contributed by atoms with E-state index in [0.29, 0.717) is 58.9 Å². The van der Waals surface area contributed by atoms with E-state index in [1.165, 1.54) is 0 Å². The quantitative estimate of drug-likeness (QED) is 0.264. The Morgan fingerprint density at radius 3 is 2.25 bits per heavy atom. The molecule has 1 aromatic carbocycles. The lowest BCUT2D eigenvalue weighted by Gasteiger charge is -2.21. The molecule has 1 aliphatic rings. The van der Waals surface area contributed by atoms with Gasteiger partial charge in [-0.05, 0) is 30.9 Å². The number of nitrogens with zero attached hydrogens (tertiary/aromatic N) is 2. The summed E-state index contributed by atoms with van der Waals surface area (Å²) in [5.74, 6) is -1.27. The summed E-state index contributed by atoms with van der Waals surface area (Å²) in [6, 6.07) is 5.13. The topological polar surface area (TPSA) is 135 Å². The molecule has 1 unspecified atom stereocenters. The van der Waals surface area contributed by atoms with Crippen LogP contribution in [0.1, 0.15) is 37.3 Å². The summed E-state index contributed by atoms with van der Waals surface area (Å²) in [5, 5.41) is 8.44. The van der Waals surface area contributed by atoms with E-state index in [2.05, 4.69) is 0 Å². The molecule has 1 heterocycles. The SMILES string of the molecule is Cn1c(=O)n(C2CCC(=O)CC2=O)c2cccc(CCCOCCOCCOCCOCC(=O)O)c21. The number of carbonyl (C=O) groups is 3. The number of imidazole rings is 1. The number of hydrogen-bond donors (Lipinski definition) is 1. The number of fused-ring (bicyclic) bond motifs is 1. The molecule has 198 valence electrons. The molecule has 3 rings (SSSR count). The standard InChI is InChI=1S/C25H34N2O9/c1-26-24-18(5-3-9-33-10-11-34-12-13-35-14-15-36-17-23(30)31)4-2-6-21(24)27(25(26)32)20-8-7-19(28)16-22(20)29/h2,4,6,20H,3,5,7-17H2,1H3,(H,30,31). The molecule has 11 nitrogen and oxygen atoms in total. The van der Waals surface area contributed by atoms with E-state index >= 15 is 0 Å². The molecule has 1 aliphatic carbocycles. The second-order valence-electron chi connectivity index (χ2n) is 8.62. The third kappa shape index (κ3) is 7.57. The van der Waals surface area contributed by atoms with E-state index in [0.717, 1.165) is 23.0 Å². The zero-order valence-electron chi connectivity index (χ0n) is 20.6. The Kier molecular flexibility index (Phi) is 10.8. The highest BCUT2D eigenvalue weighted by molar-refractivity contribution is 6.03. The second kappa shape index (κ2) is 14.0. The Hall–Kier alpha value is -2.86. The predicted octanol–water partition coefficient (Wildman–Crippen LogP) is 1.29. The number of para-hydroxylation sites is 1. The number of ether oxygens (including phenoxy) is 4. The van der Waals surface area contributed by atoms with Gasteiger partial charge in [-0.2, -0.15) is 0 Å². The molecule has 1 aromatic heterocycles. The van der Waals surface area contributed by atoms with E-state index in [9.17, 15) is 19.2 Å². The molecular weight excluding hydrogens is 472 g/mol. The van der Waals surface area contributed by atoms with Gasteiger partial charge >= 0.3 is 11.7 Å². The number of ketones is 2. The lowest BCUT2D eigenvalue weighted by atomic mass is 9.92.